The molecule has 1 aromatic carbocycles. The van der Waals surface area contributed by atoms with E-state index >= 15 is 0 Å². The number of carbonyl (C=O) groups is 1. The van der Waals surface area contributed by atoms with Crippen molar-refractivity contribution in [3.63, 3.8) is 0 Å². The molecule has 0 atom stereocenters. The molecule has 0 N–H and O–H groups in total. The van der Waals surface area contributed by atoms with Crippen LogP contribution in [0.4, 0.5) is 10.5 Å². The molecule has 0 bridgehead atoms. The second-order valence-corrected chi connectivity index (χ2v) is 8.56. The molecule has 1 aromatic rings. The van der Waals surface area contributed by atoms with Gasteiger partial charge in [0.05, 0.1) is 31.3 Å². The van der Waals surface area contributed by atoms with Crippen molar-refractivity contribution < 1.29 is 19.0 Å². The minimum absolute atomic E-state index is 0.265. The fourth-order valence-electron chi connectivity index (χ4n) is 3.01. The molecule has 1 aliphatic rings. The van der Waals surface area contributed by atoms with E-state index in [9.17, 15) is 10.1 Å². The predicted octanol–water partition coefficient (Wildman–Crippen LogP) is 3.81. The van der Waals surface area contributed by atoms with E-state index in [1.54, 1.807) is 35.4 Å². The van der Waals surface area contributed by atoms with Gasteiger partial charge in [-0.1, -0.05) is 0 Å². The highest BCUT2D eigenvalue weighted by molar-refractivity contribution is 5.69. The molecule has 0 aliphatic carbocycles. The van der Waals surface area contributed by atoms with Crippen LogP contribution in [0.25, 0.3) is 0 Å². The van der Waals surface area contributed by atoms with Gasteiger partial charge in [-0.3, -0.25) is 0 Å². The van der Waals surface area contributed by atoms with Gasteiger partial charge in [0, 0.05) is 39.3 Å². The van der Waals surface area contributed by atoms with Crippen LogP contribution in [0.5, 0.6) is 11.5 Å². The van der Waals surface area contributed by atoms with Gasteiger partial charge < -0.3 is 24.0 Å². The van der Waals surface area contributed by atoms with Crippen LogP contribution in [0.2, 0.25) is 0 Å². The Morgan fingerprint density at radius 2 is 1.97 bits per heavy atom. The summed E-state index contributed by atoms with van der Waals surface area (Å²) >= 11 is 0. The summed E-state index contributed by atoms with van der Waals surface area (Å²) in [5.74, 6) is 1.37. The number of rotatable bonds is 6. The third-order valence-corrected chi connectivity index (χ3v) is 4.57. The summed E-state index contributed by atoms with van der Waals surface area (Å²) in [6.07, 6.45) is 3.05. The van der Waals surface area contributed by atoms with E-state index in [2.05, 4.69) is 11.1 Å². The molecule has 164 valence electrons. The first-order valence-electron chi connectivity index (χ1n) is 10.1. The first-order valence-corrected chi connectivity index (χ1v) is 10.1. The number of amides is 1. The molecule has 2 rings (SSSR count). The zero-order valence-corrected chi connectivity index (χ0v) is 18.8. The van der Waals surface area contributed by atoms with Crippen LogP contribution in [-0.2, 0) is 4.74 Å². The van der Waals surface area contributed by atoms with Crippen molar-refractivity contribution in [1.29, 1.82) is 5.26 Å². The second-order valence-electron chi connectivity index (χ2n) is 8.56. The molecule has 0 unspecified atom stereocenters. The number of hydrogen-bond donors (Lipinski definition) is 0. The Morgan fingerprint density at radius 1 is 1.30 bits per heavy atom. The minimum Gasteiger partial charge on any atom is -0.493 e. The molecule has 0 aromatic heterocycles. The van der Waals surface area contributed by atoms with E-state index in [-0.39, 0.29) is 6.09 Å². The predicted molar refractivity (Wildman–Crippen MR) is 116 cm³/mol. The summed E-state index contributed by atoms with van der Waals surface area (Å²) < 4.78 is 16.9. The summed E-state index contributed by atoms with van der Waals surface area (Å²) in [6, 6.07) is 5.51. The molecular formula is C22H32N4O4. The molecule has 0 radical (unpaired) electrons. The van der Waals surface area contributed by atoms with Crippen molar-refractivity contribution in [1.82, 2.24) is 9.80 Å². The van der Waals surface area contributed by atoms with Crippen LogP contribution in [0.15, 0.2) is 17.1 Å². The number of methoxy groups -OCH3 is 1. The third-order valence-electron chi connectivity index (χ3n) is 4.57. The van der Waals surface area contributed by atoms with Crippen LogP contribution in [-0.4, -0.2) is 68.7 Å². The maximum atomic E-state index is 12.2. The standard InChI is InChI=1S/C22H32N4O4/c1-22(2,3)30-21(27)26-9-7-16(8-10-26)14-29-20-12-18(24-15-25(4)5)17(13-23)11-19(20)28-6/h11-12,15-16H,7-10,14H2,1-6H3/b24-15+. The van der Waals surface area contributed by atoms with E-state index in [1.807, 2.05) is 34.9 Å². The molecule has 1 amide bonds. The van der Waals surface area contributed by atoms with E-state index in [4.69, 9.17) is 14.2 Å². The molecular weight excluding hydrogens is 384 g/mol. The van der Waals surface area contributed by atoms with Gasteiger partial charge in [-0.2, -0.15) is 5.26 Å². The van der Waals surface area contributed by atoms with Gasteiger partial charge in [0.15, 0.2) is 11.5 Å². The fraction of sp³-hybridized carbons (Fsp3) is 0.591. The van der Waals surface area contributed by atoms with Gasteiger partial charge in [0.25, 0.3) is 0 Å². The largest absolute Gasteiger partial charge is 0.493 e. The molecule has 1 saturated heterocycles. The number of carbonyl (C=O) groups excluding carboxylic acids is 1. The third kappa shape index (κ3) is 6.83. The van der Waals surface area contributed by atoms with Crippen molar-refractivity contribution in [2.24, 2.45) is 10.9 Å². The van der Waals surface area contributed by atoms with Crippen molar-refractivity contribution in [2.75, 3.05) is 40.9 Å². The summed E-state index contributed by atoms with van der Waals surface area (Å²) in [4.78, 5) is 20.1. The number of nitrogens with zero attached hydrogens (tertiary/aromatic N) is 4. The normalized spacial score (nSPS) is 15.0. The van der Waals surface area contributed by atoms with Crippen LogP contribution >= 0.6 is 0 Å². The van der Waals surface area contributed by atoms with Gasteiger partial charge >= 0.3 is 6.09 Å². The molecule has 0 saturated carbocycles. The Hall–Kier alpha value is -2.95. The van der Waals surface area contributed by atoms with Gasteiger partial charge in [0.2, 0.25) is 0 Å². The smallest absolute Gasteiger partial charge is 0.410 e. The fourth-order valence-corrected chi connectivity index (χ4v) is 3.01. The van der Waals surface area contributed by atoms with Crippen LogP contribution in [0, 0.1) is 17.2 Å². The quantitative estimate of drug-likeness (QED) is 0.518. The lowest BCUT2D eigenvalue weighted by Gasteiger charge is -2.33. The zero-order valence-electron chi connectivity index (χ0n) is 18.8. The molecule has 8 heteroatoms. The van der Waals surface area contributed by atoms with Gasteiger partial charge in [0.1, 0.15) is 11.7 Å². The first kappa shape index (κ1) is 23.3. The van der Waals surface area contributed by atoms with Crippen LogP contribution in [0.3, 0.4) is 0 Å². The van der Waals surface area contributed by atoms with E-state index in [0.29, 0.717) is 48.4 Å². The summed E-state index contributed by atoms with van der Waals surface area (Å²) in [5, 5.41) is 9.39. The molecule has 30 heavy (non-hydrogen) atoms. The highest BCUT2D eigenvalue weighted by Crippen LogP contribution is 2.35. The highest BCUT2D eigenvalue weighted by Gasteiger charge is 2.27. The lowest BCUT2D eigenvalue weighted by atomic mass is 9.98. The monoisotopic (exact) mass is 416 g/mol. The molecule has 1 heterocycles. The van der Waals surface area contributed by atoms with Crippen LogP contribution in [0.1, 0.15) is 39.2 Å². The van der Waals surface area contributed by atoms with Gasteiger partial charge in [-0.05, 0) is 39.5 Å². The number of nitriles is 1. The second kappa shape index (κ2) is 10.2. The zero-order chi connectivity index (χ0) is 22.3. The average molecular weight is 417 g/mol. The number of ether oxygens (including phenoxy) is 3. The number of hydrogen-bond acceptors (Lipinski definition) is 6. The molecule has 0 spiro atoms. The summed E-state index contributed by atoms with van der Waals surface area (Å²) in [6.45, 7) is 7.40. The SMILES string of the molecule is COc1cc(C#N)c(/N=C/N(C)C)cc1OCC1CCN(C(=O)OC(C)(C)C)CC1. The lowest BCUT2D eigenvalue weighted by molar-refractivity contribution is 0.0164. The highest BCUT2D eigenvalue weighted by atomic mass is 16.6. The Bertz CT molecular complexity index is 801. The van der Waals surface area contributed by atoms with Gasteiger partial charge in [-0.15, -0.1) is 0 Å². The number of benzene rings is 1. The lowest BCUT2D eigenvalue weighted by Crippen LogP contribution is -2.42. The van der Waals surface area contributed by atoms with Crippen molar-refractivity contribution in [3.8, 4) is 17.6 Å². The average Bonchev–Trinajstić information content (AvgIpc) is 2.69. The van der Waals surface area contributed by atoms with Gasteiger partial charge in [-0.25, -0.2) is 9.79 Å². The Morgan fingerprint density at radius 3 is 2.50 bits per heavy atom. The number of piperidine rings is 1. The number of likely N-dealkylation sites (tertiary alicyclic amines) is 1. The van der Waals surface area contributed by atoms with Crippen LogP contribution < -0.4 is 9.47 Å². The Kier molecular flexibility index (Phi) is 7.93. The summed E-state index contributed by atoms with van der Waals surface area (Å²) in [5.41, 5.74) is 0.459. The Balaban J connectivity index is 2.00. The van der Waals surface area contributed by atoms with Crippen molar-refractivity contribution in [3.05, 3.63) is 17.7 Å². The minimum atomic E-state index is -0.490. The first-order chi connectivity index (χ1) is 14.1. The molecule has 1 fully saturated rings. The molecule has 8 nitrogen and oxygen atoms in total. The topological polar surface area (TPSA) is 87.4 Å². The van der Waals surface area contributed by atoms with Crippen molar-refractivity contribution in [2.45, 2.75) is 39.2 Å². The van der Waals surface area contributed by atoms with E-state index < -0.39 is 5.60 Å². The Labute approximate surface area is 179 Å². The summed E-state index contributed by atoms with van der Waals surface area (Å²) in [7, 11) is 5.27. The van der Waals surface area contributed by atoms with E-state index in [0.717, 1.165) is 12.8 Å². The number of aliphatic imine (C=N–C) groups is 1. The molecule has 1 aliphatic heterocycles. The van der Waals surface area contributed by atoms with Crippen molar-refractivity contribution >= 4 is 18.1 Å². The van der Waals surface area contributed by atoms with E-state index in [1.165, 1.54) is 0 Å². The maximum absolute atomic E-state index is 12.2. The maximum Gasteiger partial charge on any atom is 0.410 e.